The molecule has 1 aliphatic heterocycles. The second kappa shape index (κ2) is 7.58. The second-order valence-electron chi connectivity index (χ2n) is 10.9. The molecule has 0 saturated heterocycles. The zero-order valence-electron chi connectivity index (χ0n) is 19.4. The number of aromatic nitrogens is 1. The molecule has 2 aromatic rings. The standard InChI is InChI=1S/C27H32F3NO/c1-15-13-26(3,4)14-20-21(15)22(17-7-5-6-8-17)23-24(31-20)16(2)32-25(23)18-9-11-19(12-10-18)27(28,29)30/h9-12,15-17,25H,5-8,13-14H2,1-4H3. The van der Waals surface area contributed by atoms with Gasteiger partial charge >= 0.3 is 6.18 Å². The summed E-state index contributed by atoms with van der Waals surface area (Å²) in [5, 5.41) is 0. The lowest BCUT2D eigenvalue weighted by Crippen LogP contribution is -2.28. The van der Waals surface area contributed by atoms with Crippen LogP contribution in [-0.2, 0) is 17.3 Å². The Morgan fingerprint density at radius 2 is 1.62 bits per heavy atom. The van der Waals surface area contributed by atoms with E-state index in [2.05, 4.69) is 20.8 Å². The summed E-state index contributed by atoms with van der Waals surface area (Å²) in [6.45, 7) is 8.99. The number of rotatable bonds is 2. The molecule has 0 N–H and O–H groups in total. The minimum atomic E-state index is -4.34. The topological polar surface area (TPSA) is 22.1 Å². The van der Waals surface area contributed by atoms with Crippen molar-refractivity contribution in [2.75, 3.05) is 0 Å². The van der Waals surface area contributed by atoms with Gasteiger partial charge in [0.25, 0.3) is 0 Å². The third kappa shape index (κ3) is 3.67. The van der Waals surface area contributed by atoms with E-state index in [9.17, 15) is 13.2 Å². The molecule has 2 heterocycles. The number of fused-ring (bicyclic) bond motifs is 2. The summed E-state index contributed by atoms with van der Waals surface area (Å²) in [5.74, 6) is 0.918. The van der Waals surface area contributed by atoms with Crippen molar-refractivity contribution in [3.8, 4) is 0 Å². The molecule has 2 aliphatic carbocycles. The van der Waals surface area contributed by atoms with Crippen LogP contribution in [0.5, 0.6) is 0 Å². The Hall–Kier alpha value is -1.88. The van der Waals surface area contributed by atoms with Crippen LogP contribution < -0.4 is 0 Å². The van der Waals surface area contributed by atoms with Crippen molar-refractivity contribution >= 4 is 0 Å². The lowest BCUT2D eigenvalue weighted by Gasteiger charge is -2.38. The second-order valence-corrected chi connectivity index (χ2v) is 10.9. The first-order valence-corrected chi connectivity index (χ1v) is 11.9. The van der Waals surface area contributed by atoms with Crippen LogP contribution in [0.1, 0.15) is 123 Å². The Morgan fingerprint density at radius 3 is 2.25 bits per heavy atom. The fraction of sp³-hybridized carbons (Fsp3) is 0.593. The van der Waals surface area contributed by atoms with E-state index >= 15 is 0 Å². The van der Waals surface area contributed by atoms with Crippen LogP contribution in [0, 0.1) is 5.41 Å². The van der Waals surface area contributed by atoms with Crippen LogP contribution in [-0.4, -0.2) is 4.98 Å². The molecule has 3 aliphatic rings. The van der Waals surface area contributed by atoms with Crippen molar-refractivity contribution in [3.63, 3.8) is 0 Å². The highest BCUT2D eigenvalue weighted by molar-refractivity contribution is 5.52. The molecule has 32 heavy (non-hydrogen) atoms. The first-order valence-electron chi connectivity index (χ1n) is 11.9. The van der Waals surface area contributed by atoms with Crippen LogP contribution in [0.2, 0.25) is 0 Å². The third-order valence-corrected chi connectivity index (χ3v) is 7.71. The minimum absolute atomic E-state index is 0.164. The van der Waals surface area contributed by atoms with Crippen molar-refractivity contribution in [2.24, 2.45) is 5.41 Å². The number of ether oxygens (including phenoxy) is 1. The van der Waals surface area contributed by atoms with Crippen LogP contribution in [0.15, 0.2) is 24.3 Å². The molecule has 0 amide bonds. The van der Waals surface area contributed by atoms with E-state index in [1.807, 2.05) is 6.92 Å². The predicted molar refractivity (Wildman–Crippen MR) is 119 cm³/mol. The molecule has 1 fully saturated rings. The maximum absolute atomic E-state index is 13.1. The van der Waals surface area contributed by atoms with Gasteiger partial charge in [-0.1, -0.05) is 45.7 Å². The lowest BCUT2D eigenvalue weighted by molar-refractivity contribution is -0.137. The average Bonchev–Trinajstić information content (AvgIpc) is 3.34. The normalized spacial score (nSPS) is 27.4. The van der Waals surface area contributed by atoms with Crippen molar-refractivity contribution in [1.29, 1.82) is 0 Å². The summed E-state index contributed by atoms with van der Waals surface area (Å²) in [6, 6.07) is 5.51. The first kappa shape index (κ1) is 21.9. The van der Waals surface area contributed by atoms with Gasteiger partial charge in [-0.15, -0.1) is 0 Å². The molecule has 1 aromatic heterocycles. The van der Waals surface area contributed by atoms with E-state index in [1.54, 1.807) is 12.1 Å². The number of benzene rings is 1. The molecule has 5 heteroatoms. The highest BCUT2D eigenvalue weighted by Gasteiger charge is 2.42. The number of pyridine rings is 1. The Morgan fingerprint density at radius 1 is 0.969 bits per heavy atom. The van der Waals surface area contributed by atoms with Gasteiger partial charge in [0.1, 0.15) is 6.10 Å². The molecule has 0 spiro atoms. The van der Waals surface area contributed by atoms with E-state index in [-0.39, 0.29) is 17.6 Å². The molecule has 1 saturated carbocycles. The van der Waals surface area contributed by atoms with Gasteiger partial charge in [-0.25, -0.2) is 0 Å². The molecule has 172 valence electrons. The monoisotopic (exact) mass is 443 g/mol. The maximum atomic E-state index is 13.1. The Bertz CT molecular complexity index is 1020. The number of hydrogen-bond donors (Lipinski definition) is 0. The SMILES string of the molecule is CC1CC(C)(C)Cc2nc3c(c(C4CCCC4)c21)C(c1ccc(C(F)(F)F)cc1)OC3C. The zero-order valence-corrected chi connectivity index (χ0v) is 19.4. The Balaban J connectivity index is 1.67. The first-order chi connectivity index (χ1) is 15.0. The zero-order chi connectivity index (χ0) is 22.8. The molecule has 3 unspecified atom stereocenters. The smallest absolute Gasteiger partial charge is 0.359 e. The largest absolute Gasteiger partial charge is 0.416 e. The summed E-state index contributed by atoms with van der Waals surface area (Å²) in [5.41, 5.74) is 6.57. The molecule has 1 aromatic carbocycles. The number of hydrogen-bond acceptors (Lipinski definition) is 2. The summed E-state index contributed by atoms with van der Waals surface area (Å²) < 4.78 is 45.8. The van der Waals surface area contributed by atoms with Gasteiger partial charge in [0.05, 0.1) is 17.4 Å². The molecule has 5 rings (SSSR count). The molecule has 0 bridgehead atoms. The van der Waals surface area contributed by atoms with Crippen molar-refractivity contribution in [1.82, 2.24) is 4.98 Å². The van der Waals surface area contributed by atoms with Crippen molar-refractivity contribution in [2.45, 2.75) is 96.4 Å². The van der Waals surface area contributed by atoms with Crippen LogP contribution in [0.25, 0.3) is 0 Å². The summed E-state index contributed by atoms with van der Waals surface area (Å²) in [7, 11) is 0. The van der Waals surface area contributed by atoms with Gasteiger partial charge in [0.15, 0.2) is 0 Å². The summed E-state index contributed by atoms with van der Waals surface area (Å²) >= 11 is 0. The van der Waals surface area contributed by atoms with Gasteiger partial charge in [-0.05, 0) is 78.7 Å². The van der Waals surface area contributed by atoms with Crippen LogP contribution >= 0.6 is 0 Å². The lowest BCUT2D eigenvalue weighted by atomic mass is 9.68. The fourth-order valence-electron chi connectivity index (χ4n) is 6.51. The Labute approximate surface area is 188 Å². The third-order valence-electron chi connectivity index (χ3n) is 7.71. The fourth-order valence-corrected chi connectivity index (χ4v) is 6.51. The van der Waals surface area contributed by atoms with Crippen molar-refractivity contribution < 1.29 is 17.9 Å². The predicted octanol–water partition coefficient (Wildman–Crippen LogP) is 8.01. The van der Waals surface area contributed by atoms with Crippen LogP contribution in [0.4, 0.5) is 13.2 Å². The highest BCUT2D eigenvalue weighted by atomic mass is 19.4. The van der Waals surface area contributed by atoms with E-state index in [4.69, 9.17) is 9.72 Å². The van der Waals surface area contributed by atoms with E-state index in [0.717, 1.165) is 29.7 Å². The number of alkyl halides is 3. The molecule has 0 radical (unpaired) electrons. The molecular formula is C27H32F3NO. The minimum Gasteiger partial charge on any atom is -0.359 e. The summed E-state index contributed by atoms with van der Waals surface area (Å²) in [6.07, 6.45) is 2.06. The van der Waals surface area contributed by atoms with E-state index in [0.29, 0.717) is 11.8 Å². The van der Waals surface area contributed by atoms with E-state index < -0.39 is 11.7 Å². The van der Waals surface area contributed by atoms with Gasteiger partial charge in [0.2, 0.25) is 0 Å². The van der Waals surface area contributed by atoms with Gasteiger partial charge < -0.3 is 4.74 Å². The maximum Gasteiger partial charge on any atom is 0.416 e. The highest BCUT2D eigenvalue weighted by Crippen LogP contribution is 2.54. The quantitative estimate of drug-likeness (QED) is 0.469. The number of halogens is 3. The van der Waals surface area contributed by atoms with E-state index in [1.165, 1.54) is 54.6 Å². The number of nitrogens with zero attached hydrogens (tertiary/aromatic N) is 1. The van der Waals surface area contributed by atoms with Crippen molar-refractivity contribution in [3.05, 3.63) is 63.5 Å². The van der Waals surface area contributed by atoms with Gasteiger partial charge in [0, 0.05) is 11.3 Å². The van der Waals surface area contributed by atoms with Gasteiger partial charge in [-0.2, -0.15) is 13.2 Å². The average molecular weight is 444 g/mol. The van der Waals surface area contributed by atoms with Crippen LogP contribution in [0.3, 0.4) is 0 Å². The molecule has 2 nitrogen and oxygen atoms in total. The summed E-state index contributed by atoms with van der Waals surface area (Å²) in [4.78, 5) is 5.18. The molecular weight excluding hydrogens is 411 g/mol. The molecule has 3 atom stereocenters. The Kier molecular flexibility index (Phi) is 5.20. The van der Waals surface area contributed by atoms with Gasteiger partial charge in [-0.3, -0.25) is 4.98 Å².